The molecule has 0 aromatic heterocycles. The average molecular weight is 372 g/mol. The van der Waals surface area contributed by atoms with Gasteiger partial charge in [0.15, 0.2) is 5.54 Å². The maximum Gasteiger partial charge on any atom is 0.352 e. The lowest BCUT2D eigenvalue weighted by Gasteiger charge is -2.56. The minimum absolute atomic E-state index is 0.0576. The van der Waals surface area contributed by atoms with E-state index in [1.807, 2.05) is 0 Å². The largest absolute Gasteiger partial charge is 0.477 e. The fourth-order valence-electron chi connectivity index (χ4n) is 2.84. The van der Waals surface area contributed by atoms with Crippen LogP contribution in [0.3, 0.4) is 0 Å². The molecule has 0 aliphatic carbocycles. The van der Waals surface area contributed by atoms with Gasteiger partial charge in [0.05, 0.1) is 6.61 Å². The van der Waals surface area contributed by atoms with Crippen molar-refractivity contribution in [1.82, 2.24) is 10.2 Å². The first-order valence-electron chi connectivity index (χ1n) is 7.62. The molecule has 2 heterocycles. The van der Waals surface area contributed by atoms with Crippen molar-refractivity contribution in [3.8, 4) is 0 Å². The number of hydrogen-bond acceptors (Lipinski definition) is 7. The molecule has 9 nitrogen and oxygen atoms in total. The number of carbonyl (C=O) groups excluding carboxylic acids is 3. The molecule has 0 saturated carbocycles. The van der Waals surface area contributed by atoms with Crippen molar-refractivity contribution in [2.24, 2.45) is 0 Å². The standard InChI is InChI=1S/C15H20N2O7S/c1-4-10(19)16-15(7-23-3)13(22)17-11(12(20)21)9(5-24-8(2)18)6-25-14(15)17/h14H,4-7H2,1-3H3,(H,16,19)(H,20,21)/t14-,15+/m1/s1. The first-order valence-corrected chi connectivity index (χ1v) is 8.67. The molecule has 138 valence electrons. The molecule has 0 aromatic carbocycles. The number of thioether (sulfide) groups is 1. The number of methoxy groups -OCH3 is 1. The molecule has 1 fully saturated rings. The van der Waals surface area contributed by atoms with Crippen molar-refractivity contribution in [3.05, 3.63) is 11.3 Å². The van der Waals surface area contributed by atoms with E-state index in [9.17, 15) is 24.3 Å². The van der Waals surface area contributed by atoms with Gasteiger partial charge in [0.25, 0.3) is 5.91 Å². The molecule has 2 atom stereocenters. The molecule has 0 spiro atoms. The van der Waals surface area contributed by atoms with Gasteiger partial charge in [0.1, 0.15) is 17.7 Å². The van der Waals surface area contributed by atoms with Crippen LogP contribution in [-0.2, 0) is 28.7 Å². The highest BCUT2D eigenvalue weighted by molar-refractivity contribution is 8.00. The summed E-state index contributed by atoms with van der Waals surface area (Å²) in [5.74, 6) is -2.43. The lowest BCUT2D eigenvalue weighted by Crippen LogP contribution is -2.81. The van der Waals surface area contributed by atoms with E-state index in [1.54, 1.807) is 6.92 Å². The third-order valence-electron chi connectivity index (χ3n) is 3.96. The second-order valence-electron chi connectivity index (χ2n) is 5.68. The zero-order valence-electron chi connectivity index (χ0n) is 14.2. The molecule has 0 unspecified atom stereocenters. The smallest absolute Gasteiger partial charge is 0.352 e. The molecule has 10 heteroatoms. The lowest BCUT2D eigenvalue weighted by atomic mass is 9.86. The number of carbonyl (C=O) groups is 4. The van der Waals surface area contributed by atoms with Crippen molar-refractivity contribution in [3.63, 3.8) is 0 Å². The maximum atomic E-state index is 12.8. The van der Waals surface area contributed by atoms with Gasteiger partial charge in [-0.05, 0) is 0 Å². The molecule has 2 rings (SSSR count). The van der Waals surface area contributed by atoms with Gasteiger partial charge >= 0.3 is 11.9 Å². The second-order valence-corrected chi connectivity index (χ2v) is 6.75. The number of aliphatic carboxylic acids is 1. The third-order valence-corrected chi connectivity index (χ3v) is 5.40. The van der Waals surface area contributed by atoms with Crippen LogP contribution in [0.25, 0.3) is 0 Å². The molecule has 0 aromatic rings. The Morgan fingerprint density at radius 3 is 2.64 bits per heavy atom. The summed E-state index contributed by atoms with van der Waals surface area (Å²) in [5.41, 5.74) is -1.15. The number of hydrogen-bond donors (Lipinski definition) is 2. The monoisotopic (exact) mass is 372 g/mol. The second kappa shape index (κ2) is 7.44. The van der Waals surface area contributed by atoms with E-state index >= 15 is 0 Å². The number of β-lactam (4-membered cyclic amide) rings is 1. The molecular formula is C15H20N2O7S. The number of nitrogens with zero attached hydrogens (tertiary/aromatic N) is 1. The highest BCUT2D eigenvalue weighted by Gasteiger charge is 2.65. The van der Waals surface area contributed by atoms with E-state index in [0.717, 1.165) is 4.90 Å². The summed E-state index contributed by atoms with van der Waals surface area (Å²) in [6, 6.07) is 0. The molecule has 0 radical (unpaired) electrons. The quantitative estimate of drug-likeness (QED) is 0.462. The number of carboxylic acid groups (broad SMARTS) is 1. The molecular weight excluding hydrogens is 352 g/mol. The van der Waals surface area contributed by atoms with E-state index in [0.29, 0.717) is 5.57 Å². The molecule has 2 N–H and O–H groups in total. The Kier molecular flexibility index (Phi) is 5.73. The van der Waals surface area contributed by atoms with E-state index < -0.39 is 28.8 Å². The summed E-state index contributed by atoms with van der Waals surface area (Å²) in [7, 11) is 1.41. The fourth-order valence-corrected chi connectivity index (χ4v) is 4.28. The van der Waals surface area contributed by atoms with Gasteiger partial charge in [-0.15, -0.1) is 11.8 Å². The SMILES string of the molecule is CCC(=O)N[C@@]1(COC)C(=O)N2C(C(=O)O)=C(COC(C)=O)CS[C@@H]21. The summed E-state index contributed by atoms with van der Waals surface area (Å²) in [6.45, 7) is 2.62. The number of nitrogens with one attached hydrogen (secondary N) is 1. The van der Waals surface area contributed by atoms with Crippen LogP contribution in [0.2, 0.25) is 0 Å². The Morgan fingerprint density at radius 1 is 1.44 bits per heavy atom. The van der Waals surface area contributed by atoms with E-state index in [1.165, 1.54) is 25.8 Å². The number of amides is 2. The Bertz CT molecular complexity index is 648. The summed E-state index contributed by atoms with van der Waals surface area (Å²) in [5, 5.41) is 11.6. The minimum atomic E-state index is -1.29. The molecule has 1 saturated heterocycles. The third kappa shape index (κ3) is 3.36. The predicted molar refractivity (Wildman–Crippen MR) is 87.4 cm³/mol. The minimum Gasteiger partial charge on any atom is -0.477 e. The topological polar surface area (TPSA) is 122 Å². The highest BCUT2D eigenvalue weighted by Crippen LogP contribution is 2.46. The van der Waals surface area contributed by atoms with Gasteiger partial charge in [-0.2, -0.15) is 0 Å². The molecule has 2 amide bonds. The lowest BCUT2D eigenvalue weighted by molar-refractivity contribution is -0.163. The highest BCUT2D eigenvalue weighted by atomic mass is 32.2. The maximum absolute atomic E-state index is 12.8. The number of ether oxygens (including phenoxy) is 2. The van der Waals surface area contributed by atoms with Gasteiger partial charge in [0.2, 0.25) is 5.91 Å². The number of carboxylic acids is 1. The molecule has 0 bridgehead atoms. The van der Waals surface area contributed by atoms with Gasteiger partial charge < -0.3 is 19.9 Å². The van der Waals surface area contributed by atoms with Crippen LogP contribution in [0.4, 0.5) is 0 Å². The van der Waals surface area contributed by atoms with Crippen LogP contribution in [0, 0.1) is 0 Å². The van der Waals surface area contributed by atoms with Crippen molar-refractivity contribution < 1.29 is 33.8 Å². The van der Waals surface area contributed by atoms with E-state index in [-0.39, 0.29) is 37.0 Å². The van der Waals surface area contributed by atoms with Crippen molar-refractivity contribution in [2.75, 3.05) is 26.1 Å². The van der Waals surface area contributed by atoms with Crippen LogP contribution < -0.4 is 5.32 Å². The van der Waals surface area contributed by atoms with Crippen molar-refractivity contribution in [2.45, 2.75) is 31.2 Å². The molecule has 2 aliphatic rings. The number of fused-ring (bicyclic) bond motifs is 1. The first kappa shape index (κ1) is 19.3. The zero-order chi connectivity index (χ0) is 18.8. The van der Waals surface area contributed by atoms with Crippen molar-refractivity contribution >= 4 is 35.5 Å². The summed E-state index contributed by atoms with van der Waals surface area (Å²) in [6.07, 6.45) is 0.190. The van der Waals surface area contributed by atoms with Crippen LogP contribution in [0.15, 0.2) is 11.3 Å². The van der Waals surface area contributed by atoms with E-state index in [2.05, 4.69) is 5.32 Å². The zero-order valence-corrected chi connectivity index (χ0v) is 15.0. The average Bonchev–Trinajstić information content (AvgIpc) is 2.57. The Morgan fingerprint density at radius 2 is 2.12 bits per heavy atom. The predicted octanol–water partition coefficient (Wildman–Crippen LogP) is -0.285. The molecule has 2 aliphatic heterocycles. The van der Waals surface area contributed by atoms with Crippen LogP contribution in [0.5, 0.6) is 0 Å². The molecule has 25 heavy (non-hydrogen) atoms. The van der Waals surface area contributed by atoms with Gasteiger partial charge in [-0.3, -0.25) is 19.3 Å². The summed E-state index contributed by atoms with van der Waals surface area (Å²) >= 11 is 1.29. The Balaban J connectivity index is 2.34. The fraction of sp³-hybridized carbons (Fsp3) is 0.600. The van der Waals surface area contributed by atoms with Gasteiger partial charge in [0, 0.05) is 31.8 Å². The summed E-state index contributed by atoms with van der Waals surface area (Å²) < 4.78 is 9.99. The first-order chi connectivity index (χ1) is 11.8. The summed E-state index contributed by atoms with van der Waals surface area (Å²) in [4.78, 5) is 48.4. The number of esters is 1. The van der Waals surface area contributed by atoms with Gasteiger partial charge in [-0.1, -0.05) is 6.92 Å². The normalized spacial score (nSPS) is 25.2. The van der Waals surface area contributed by atoms with Crippen LogP contribution in [-0.4, -0.2) is 70.7 Å². The van der Waals surface area contributed by atoms with Gasteiger partial charge in [-0.25, -0.2) is 4.79 Å². The van der Waals surface area contributed by atoms with Crippen molar-refractivity contribution in [1.29, 1.82) is 0 Å². The van der Waals surface area contributed by atoms with Crippen LogP contribution >= 0.6 is 11.8 Å². The Hall–Kier alpha value is -2.07. The van der Waals surface area contributed by atoms with Crippen LogP contribution in [0.1, 0.15) is 20.3 Å². The van der Waals surface area contributed by atoms with E-state index in [4.69, 9.17) is 9.47 Å². The number of rotatable bonds is 7. The Labute approximate surface area is 148 Å².